The lowest BCUT2D eigenvalue weighted by Crippen LogP contribution is -2.30. The van der Waals surface area contributed by atoms with Crippen LogP contribution in [0.2, 0.25) is 0 Å². The molecule has 1 aliphatic heterocycles. The SMILES string of the molecule is C[C@H](Nc1ncnc2c1cnn2CCO)[C@@H]1CCCO1. The molecule has 2 aromatic rings. The van der Waals surface area contributed by atoms with Crippen LogP contribution in [0.4, 0.5) is 5.82 Å². The highest BCUT2D eigenvalue weighted by Crippen LogP contribution is 2.22. The number of aliphatic hydroxyl groups excluding tert-OH is 1. The van der Waals surface area contributed by atoms with Crippen LogP contribution in [0.3, 0.4) is 0 Å². The quantitative estimate of drug-likeness (QED) is 0.841. The van der Waals surface area contributed by atoms with Crippen LogP contribution in [0, 0.1) is 0 Å². The van der Waals surface area contributed by atoms with Gasteiger partial charge in [-0.15, -0.1) is 0 Å². The average Bonchev–Trinajstić information content (AvgIpc) is 3.09. The first-order chi connectivity index (χ1) is 9.79. The molecule has 1 aliphatic rings. The predicted molar refractivity (Wildman–Crippen MR) is 74.5 cm³/mol. The highest BCUT2D eigenvalue weighted by atomic mass is 16.5. The first-order valence-electron chi connectivity index (χ1n) is 6.95. The molecular formula is C13H19N5O2. The molecule has 0 bridgehead atoms. The fourth-order valence-corrected chi connectivity index (χ4v) is 2.57. The molecule has 3 rings (SSSR count). The van der Waals surface area contributed by atoms with Crippen molar-refractivity contribution in [2.45, 2.75) is 38.5 Å². The Morgan fingerprint density at radius 3 is 3.20 bits per heavy atom. The molecule has 1 fully saturated rings. The van der Waals surface area contributed by atoms with Gasteiger partial charge in [0.05, 0.1) is 36.9 Å². The number of fused-ring (bicyclic) bond motifs is 1. The minimum absolute atomic E-state index is 0.0376. The van der Waals surface area contributed by atoms with E-state index in [9.17, 15) is 0 Å². The third-order valence-corrected chi connectivity index (χ3v) is 3.63. The molecule has 0 amide bonds. The summed E-state index contributed by atoms with van der Waals surface area (Å²) < 4.78 is 7.36. The summed E-state index contributed by atoms with van der Waals surface area (Å²) in [4.78, 5) is 8.53. The zero-order valence-electron chi connectivity index (χ0n) is 11.5. The second-order valence-corrected chi connectivity index (χ2v) is 5.04. The minimum Gasteiger partial charge on any atom is -0.394 e. The molecule has 7 heteroatoms. The van der Waals surface area contributed by atoms with Crippen LogP contribution in [-0.2, 0) is 11.3 Å². The van der Waals surface area contributed by atoms with Gasteiger partial charge < -0.3 is 15.2 Å². The van der Waals surface area contributed by atoms with E-state index in [1.165, 1.54) is 6.33 Å². The van der Waals surface area contributed by atoms with E-state index in [-0.39, 0.29) is 18.8 Å². The molecule has 0 aromatic carbocycles. The first-order valence-corrected chi connectivity index (χ1v) is 6.95. The molecule has 20 heavy (non-hydrogen) atoms. The second kappa shape index (κ2) is 5.72. The molecule has 1 saturated heterocycles. The van der Waals surface area contributed by atoms with E-state index in [0.717, 1.165) is 36.3 Å². The van der Waals surface area contributed by atoms with Gasteiger partial charge in [0.1, 0.15) is 12.1 Å². The molecule has 0 radical (unpaired) electrons. The maximum atomic E-state index is 9.02. The van der Waals surface area contributed by atoms with Gasteiger partial charge in [-0.25, -0.2) is 14.6 Å². The molecular weight excluding hydrogens is 258 g/mol. The number of hydrogen-bond donors (Lipinski definition) is 2. The van der Waals surface area contributed by atoms with Gasteiger partial charge in [-0.3, -0.25) is 0 Å². The van der Waals surface area contributed by atoms with Crippen LogP contribution in [0.15, 0.2) is 12.5 Å². The number of ether oxygens (including phenoxy) is 1. The van der Waals surface area contributed by atoms with Gasteiger partial charge in [0.2, 0.25) is 0 Å². The number of aromatic nitrogens is 4. The van der Waals surface area contributed by atoms with Crippen molar-refractivity contribution < 1.29 is 9.84 Å². The average molecular weight is 277 g/mol. The van der Waals surface area contributed by atoms with Crippen LogP contribution < -0.4 is 5.32 Å². The Kier molecular flexibility index (Phi) is 3.79. The zero-order chi connectivity index (χ0) is 13.9. The van der Waals surface area contributed by atoms with Crippen molar-refractivity contribution in [1.29, 1.82) is 0 Å². The normalized spacial score (nSPS) is 20.4. The van der Waals surface area contributed by atoms with E-state index in [4.69, 9.17) is 9.84 Å². The van der Waals surface area contributed by atoms with Crippen LogP contribution in [0.5, 0.6) is 0 Å². The lowest BCUT2D eigenvalue weighted by atomic mass is 10.1. The summed E-state index contributed by atoms with van der Waals surface area (Å²) in [5, 5.41) is 17.5. The van der Waals surface area contributed by atoms with Crippen molar-refractivity contribution in [2.75, 3.05) is 18.5 Å². The van der Waals surface area contributed by atoms with Gasteiger partial charge in [0, 0.05) is 6.61 Å². The Morgan fingerprint density at radius 2 is 2.45 bits per heavy atom. The highest BCUT2D eigenvalue weighted by Gasteiger charge is 2.23. The molecule has 0 unspecified atom stereocenters. The monoisotopic (exact) mass is 277 g/mol. The van der Waals surface area contributed by atoms with E-state index in [2.05, 4.69) is 27.3 Å². The second-order valence-electron chi connectivity index (χ2n) is 5.04. The molecule has 2 atom stereocenters. The largest absolute Gasteiger partial charge is 0.394 e. The summed E-state index contributed by atoms with van der Waals surface area (Å²) in [6, 6.07) is 0.191. The third-order valence-electron chi connectivity index (χ3n) is 3.63. The van der Waals surface area contributed by atoms with Gasteiger partial charge in [-0.05, 0) is 19.8 Å². The topological polar surface area (TPSA) is 85.1 Å². The molecule has 2 N–H and O–H groups in total. The Labute approximate surface area is 117 Å². The van der Waals surface area contributed by atoms with Gasteiger partial charge in [-0.1, -0.05) is 0 Å². The Bertz CT molecular complexity index is 579. The maximum absolute atomic E-state index is 9.02. The zero-order valence-corrected chi connectivity index (χ0v) is 11.5. The fourth-order valence-electron chi connectivity index (χ4n) is 2.57. The van der Waals surface area contributed by atoms with Crippen LogP contribution >= 0.6 is 0 Å². The van der Waals surface area contributed by atoms with E-state index in [1.54, 1.807) is 10.9 Å². The minimum atomic E-state index is 0.0376. The summed E-state index contributed by atoms with van der Waals surface area (Å²) in [5.74, 6) is 0.766. The van der Waals surface area contributed by atoms with Crippen LogP contribution in [-0.4, -0.2) is 50.2 Å². The molecule has 0 aliphatic carbocycles. The van der Waals surface area contributed by atoms with E-state index in [0.29, 0.717) is 6.54 Å². The van der Waals surface area contributed by atoms with Gasteiger partial charge in [-0.2, -0.15) is 5.10 Å². The number of aliphatic hydroxyl groups is 1. The molecule has 0 saturated carbocycles. The van der Waals surface area contributed by atoms with E-state index >= 15 is 0 Å². The molecule has 0 spiro atoms. The number of rotatable bonds is 5. The first kappa shape index (κ1) is 13.3. The lowest BCUT2D eigenvalue weighted by Gasteiger charge is -2.20. The highest BCUT2D eigenvalue weighted by molar-refractivity contribution is 5.86. The summed E-state index contributed by atoms with van der Waals surface area (Å²) in [6.45, 7) is 3.41. The van der Waals surface area contributed by atoms with E-state index < -0.39 is 0 Å². The van der Waals surface area contributed by atoms with Crippen molar-refractivity contribution in [1.82, 2.24) is 19.7 Å². The third kappa shape index (κ3) is 2.46. The Hall–Kier alpha value is -1.73. The van der Waals surface area contributed by atoms with Crippen LogP contribution in [0.25, 0.3) is 11.0 Å². The number of hydrogen-bond acceptors (Lipinski definition) is 6. The number of nitrogens with one attached hydrogen (secondary N) is 1. The van der Waals surface area contributed by atoms with Crippen molar-refractivity contribution in [3.63, 3.8) is 0 Å². The van der Waals surface area contributed by atoms with Crippen LogP contribution in [0.1, 0.15) is 19.8 Å². The van der Waals surface area contributed by atoms with Crippen molar-refractivity contribution >= 4 is 16.9 Å². The maximum Gasteiger partial charge on any atom is 0.163 e. The summed E-state index contributed by atoms with van der Waals surface area (Å²) >= 11 is 0. The van der Waals surface area contributed by atoms with Gasteiger partial charge >= 0.3 is 0 Å². The van der Waals surface area contributed by atoms with Crippen molar-refractivity contribution in [2.24, 2.45) is 0 Å². The Balaban J connectivity index is 1.84. The number of anilines is 1. The summed E-state index contributed by atoms with van der Waals surface area (Å²) in [5.41, 5.74) is 0.732. The fraction of sp³-hybridized carbons (Fsp3) is 0.615. The van der Waals surface area contributed by atoms with E-state index in [1.807, 2.05) is 0 Å². The smallest absolute Gasteiger partial charge is 0.163 e. The van der Waals surface area contributed by atoms with Gasteiger partial charge in [0.25, 0.3) is 0 Å². The Morgan fingerprint density at radius 1 is 1.55 bits per heavy atom. The van der Waals surface area contributed by atoms with Crippen molar-refractivity contribution in [3.05, 3.63) is 12.5 Å². The predicted octanol–water partition coefficient (Wildman–Crippen LogP) is 0.798. The lowest BCUT2D eigenvalue weighted by molar-refractivity contribution is 0.0996. The number of nitrogens with zero attached hydrogens (tertiary/aromatic N) is 4. The standard InChI is InChI=1S/C13H19N5O2/c1-9(11-3-2-6-20-11)17-12-10-7-16-18(4-5-19)13(10)15-8-14-12/h7-9,11,19H,2-6H2,1H3,(H,14,15,17)/t9-,11-/m0/s1. The van der Waals surface area contributed by atoms with Crippen molar-refractivity contribution in [3.8, 4) is 0 Å². The molecule has 3 heterocycles. The molecule has 2 aromatic heterocycles. The summed E-state index contributed by atoms with van der Waals surface area (Å²) in [7, 11) is 0. The molecule has 7 nitrogen and oxygen atoms in total. The summed E-state index contributed by atoms with van der Waals surface area (Å²) in [6.07, 6.45) is 5.67. The van der Waals surface area contributed by atoms with Gasteiger partial charge in [0.15, 0.2) is 5.65 Å². The molecule has 108 valence electrons.